The molecular weight excluding hydrogens is 621 g/mol. The minimum Gasteiger partial charge on any atom is -0.429 e. The van der Waals surface area contributed by atoms with Crippen molar-refractivity contribution in [3.8, 4) is 28.7 Å². The van der Waals surface area contributed by atoms with Gasteiger partial charge in [-0.1, -0.05) is 43.7 Å². The molecule has 0 aliphatic heterocycles. The van der Waals surface area contributed by atoms with Crippen LogP contribution >= 0.6 is 0 Å². The molecule has 4 rings (SSSR count). The van der Waals surface area contributed by atoms with Crippen molar-refractivity contribution in [3.63, 3.8) is 0 Å². The van der Waals surface area contributed by atoms with Gasteiger partial charge in [0.15, 0.2) is 0 Å². The Labute approximate surface area is 250 Å². The van der Waals surface area contributed by atoms with E-state index < -0.39 is 75.2 Å². The Balaban J connectivity index is 1.56. The number of benzene rings is 4. The maximum absolute atomic E-state index is 14.9. The Morgan fingerprint density at radius 1 is 0.644 bits per heavy atom. The van der Waals surface area contributed by atoms with Crippen LogP contribution in [0.25, 0.3) is 11.1 Å². The summed E-state index contributed by atoms with van der Waals surface area (Å²) in [6.45, 7) is 2.04. The maximum Gasteiger partial charge on any atom is 0.429 e. The number of hydrogen-bond acceptors (Lipinski definition) is 1. The lowest BCUT2D eigenvalue weighted by atomic mass is 10.00. The molecule has 0 fully saturated rings. The molecule has 12 heteroatoms. The molecule has 0 aromatic heterocycles. The van der Waals surface area contributed by atoms with E-state index in [9.17, 15) is 48.3 Å². The van der Waals surface area contributed by atoms with Gasteiger partial charge in [0, 0.05) is 17.7 Å². The second-order valence-electron chi connectivity index (χ2n) is 9.91. The van der Waals surface area contributed by atoms with Gasteiger partial charge in [0.1, 0.15) is 46.2 Å². The molecule has 45 heavy (non-hydrogen) atoms. The van der Waals surface area contributed by atoms with Crippen LogP contribution in [-0.2, 0) is 18.7 Å². The van der Waals surface area contributed by atoms with Gasteiger partial charge in [-0.2, -0.15) is 22.0 Å². The van der Waals surface area contributed by atoms with E-state index in [4.69, 9.17) is 0 Å². The van der Waals surface area contributed by atoms with Crippen LogP contribution in [0.4, 0.5) is 48.3 Å². The highest BCUT2D eigenvalue weighted by Gasteiger charge is 2.41. The summed E-state index contributed by atoms with van der Waals surface area (Å²) >= 11 is 0. The molecule has 4 aromatic rings. The first-order chi connectivity index (χ1) is 21.1. The van der Waals surface area contributed by atoms with Crippen molar-refractivity contribution in [2.24, 2.45) is 0 Å². The Morgan fingerprint density at radius 3 is 1.84 bits per heavy atom. The zero-order valence-corrected chi connectivity index (χ0v) is 23.2. The van der Waals surface area contributed by atoms with Crippen LogP contribution in [0.2, 0.25) is 0 Å². The van der Waals surface area contributed by atoms with E-state index >= 15 is 0 Å². The second kappa shape index (κ2) is 13.2. The standard InChI is InChI=1S/C33H21F11O/c1-2-3-4-5-18-6-8-20(24(34)12-18)9-7-19-13-26(36)30(27(37)14-19)21-10-11-23(25(35)15-21)33(43,44)45-22-16-28(38)31(29(39)17-22)32(40,41)42/h6,8,10-17H,2-5H2,1H3. The second-order valence-corrected chi connectivity index (χ2v) is 9.91. The summed E-state index contributed by atoms with van der Waals surface area (Å²) in [5, 5.41) is 0. The van der Waals surface area contributed by atoms with Crippen molar-refractivity contribution in [2.45, 2.75) is 44.9 Å². The fraction of sp³-hybridized carbons (Fsp3) is 0.212. The number of unbranched alkanes of at least 4 members (excludes halogenated alkanes) is 2. The highest BCUT2D eigenvalue weighted by Crippen LogP contribution is 2.39. The largest absolute Gasteiger partial charge is 0.429 e. The lowest BCUT2D eigenvalue weighted by molar-refractivity contribution is -0.187. The predicted molar refractivity (Wildman–Crippen MR) is 143 cm³/mol. The summed E-state index contributed by atoms with van der Waals surface area (Å²) in [4.78, 5) is 0. The molecule has 0 amide bonds. The van der Waals surface area contributed by atoms with Gasteiger partial charge in [0.05, 0.1) is 16.7 Å². The number of alkyl halides is 5. The van der Waals surface area contributed by atoms with Crippen LogP contribution in [0.3, 0.4) is 0 Å². The first-order valence-electron chi connectivity index (χ1n) is 13.3. The van der Waals surface area contributed by atoms with Gasteiger partial charge in [-0.05, 0) is 60.4 Å². The molecule has 0 heterocycles. The summed E-state index contributed by atoms with van der Waals surface area (Å²) in [7, 11) is 0. The van der Waals surface area contributed by atoms with Gasteiger partial charge >= 0.3 is 12.3 Å². The summed E-state index contributed by atoms with van der Waals surface area (Å²) in [6, 6.07) is 7.13. The number of ether oxygens (including phenoxy) is 1. The molecule has 0 aliphatic carbocycles. The van der Waals surface area contributed by atoms with Crippen LogP contribution < -0.4 is 4.74 Å². The third-order valence-electron chi connectivity index (χ3n) is 6.60. The number of aryl methyl sites for hydroxylation is 1. The van der Waals surface area contributed by atoms with Crippen molar-refractivity contribution in [1.29, 1.82) is 0 Å². The number of rotatable bonds is 8. The quantitative estimate of drug-likeness (QED) is 0.106. The van der Waals surface area contributed by atoms with Crippen molar-refractivity contribution in [1.82, 2.24) is 0 Å². The van der Waals surface area contributed by atoms with Crippen LogP contribution in [0.5, 0.6) is 5.75 Å². The average Bonchev–Trinajstić information content (AvgIpc) is 2.91. The lowest BCUT2D eigenvalue weighted by Gasteiger charge is -2.20. The first kappa shape index (κ1) is 33.4. The molecule has 0 saturated heterocycles. The van der Waals surface area contributed by atoms with Gasteiger partial charge in [0.25, 0.3) is 0 Å². The molecule has 236 valence electrons. The van der Waals surface area contributed by atoms with E-state index in [0.29, 0.717) is 24.6 Å². The fourth-order valence-electron chi connectivity index (χ4n) is 4.44. The first-order valence-corrected chi connectivity index (χ1v) is 13.3. The van der Waals surface area contributed by atoms with Gasteiger partial charge < -0.3 is 4.74 Å². The minimum absolute atomic E-state index is 0.0123. The molecule has 0 atom stereocenters. The van der Waals surface area contributed by atoms with Crippen molar-refractivity contribution >= 4 is 0 Å². The average molecular weight is 643 g/mol. The monoisotopic (exact) mass is 642 g/mol. The molecule has 0 aliphatic rings. The maximum atomic E-state index is 14.9. The Bertz CT molecular complexity index is 1740. The Kier molecular flexibility index (Phi) is 9.80. The lowest BCUT2D eigenvalue weighted by Crippen LogP contribution is -2.24. The fourth-order valence-corrected chi connectivity index (χ4v) is 4.44. The molecule has 0 radical (unpaired) electrons. The van der Waals surface area contributed by atoms with Gasteiger partial charge in [0.2, 0.25) is 0 Å². The molecule has 0 saturated carbocycles. The van der Waals surface area contributed by atoms with Crippen molar-refractivity contribution < 1.29 is 53.0 Å². The minimum atomic E-state index is -5.47. The van der Waals surface area contributed by atoms with Crippen molar-refractivity contribution in [2.75, 3.05) is 0 Å². The van der Waals surface area contributed by atoms with E-state index in [2.05, 4.69) is 16.6 Å². The van der Waals surface area contributed by atoms with Crippen LogP contribution in [-0.4, -0.2) is 0 Å². The van der Waals surface area contributed by atoms with E-state index in [1.165, 1.54) is 12.1 Å². The van der Waals surface area contributed by atoms with Crippen LogP contribution in [0.1, 0.15) is 54.0 Å². The topological polar surface area (TPSA) is 9.23 Å². The predicted octanol–water partition coefficient (Wildman–Crippen LogP) is 10.5. The van der Waals surface area contributed by atoms with Crippen LogP contribution in [0, 0.1) is 46.7 Å². The summed E-state index contributed by atoms with van der Waals surface area (Å²) in [5.74, 6) is -5.83. The van der Waals surface area contributed by atoms with Crippen LogP contribution in [0.15, 0.2) is 60.7 Å². The van der Waals surface area contributed by atoms with E-state index in [-0.39, 0.29) is 23.3 Å². The Morgan fingerprint density at radius 2 is 1.29 bits per heavy atom. The zero-order valence-electron chi connectivity index (χ0n) is 23.2. The molecule has 0 spiro atoms. The third kappa shape index (κ3) is 7.77. The van der Waals surface area contributed by atoms with Gasteiger partial charge in [-0.15, -0.1) is 0 Å². The van der Waals surface area contributed by atoms with Gasteiger partial charge in [-0.25, -0.2) is 26.3 Å². The molecule has 0 bridgehead atoms. The molecule has 0 unspecified atom stereocenters. The van der Waals surface area contributed by atoms with Crippen molar-refractivity contribution in [3.05, 3.63) is 123 Å². The molecule has 1 nitrogen and oxygen atoms in total. The number of hydrogen-bond donors (Lipinski definition) is 0. The molecule has 0 N–H and O–H groups in total. The Hall–Kier alpha value is -4.53. The summed E-state index contributed by atoms with van der Waals surface area (Å²) < 4.78 is 158. The summed E-state index contributed by atoms with van der Waals surface area (Å²) in [5.41, 5.74) is -4.67. The highest BCUT2D eigenvalue weighted by molar-refractivity contribution is 5.67. The third-order valence-corrected chi connectivity index (χ3v) is 6.60. The normalized spacial score (nSPS) is 11.7. The highest BCUT2D eigenvalue weighted by atomic mass is 19.4. The van der Waals surface area contributed by atoms with E-state index in [0.717, 1.165) is 37.0 Å². The zero-order chi connectivity index (χ0) is 33.1. The van der Waals surface area contributed by atoms with Gasteiger partial charge in [-0.3, -0.25) is 0 Å². The SMILES string of the molecule is CCCCCc1ccc(C#Cc2cc(F)c(-c3ccc(C(F)(F)Oc4cc(F)c(C(F)(F)F)c(F)c4)c(F)c3)c(F)c2)c(F)c1. The molecular formula is C33H21F11O. The molecule has 4 aromatic carbocycles. The van der Waals surface area contributed by atoms with E-state index in [1.54, 1.807) is 6.07 Å². The summed E-state index contributed by atoms with van der Waals surface area (Å²) in [6.07, 6.45) is -6.58. The smallest absolute Gasteiger partial charge is 0.429 e. The van der Waals surface area contributed by atoms with E-state index in [1.807, 2.05) is 6.92 Å². The number of halogens is 11.